The molecule has 0 radical (unpaired) electrons. The van der Waals surface area contributed by atoms with Gasteiger partial charge in [0, 0.05) is 40.1 Å². The fourth-order valence-corrected chi connectivity index (χ4v) is 7.09. The molecule has 0 bridgehead atoms. The number of aromatic amines is 1. The Balaban J connectivity index is 1.58. The minimum absolute atomic E-state index is 0.0672. The number of aromatic nitrogens is 3. The standard InChI is InChI=1S/C38H50F3N3O2/c1-6-8-10-15-26(14-9-7-2)31-23-32(44(43-31)36(3,4)25-45)33-24-37(5,20-21-46-33)35-34(29-18-11-12-19-30(29)42-35)27-16-13-17-28(22-27)38(39,40)41/h11-13,16-19,22-23,26,33,42,45H,6-10,14-15,20-21,24-25H2,1-5H3. The molecule has 3 heterocycles. The number of halogens is 3. The van der Waals surface area contributed by atoms with Gasteiger partial charge in [0.2, 0.25) is 0 Å². The van der Waals surface area contributed by atoms with E-state index in [9.17, 15) is 18.3 Å². The number of aliphatic hydroxyl groups excluding tert-OH is 1. The summed E-state index contributed by atoms with van der Waals surface area (Å²) in [6, 6.07) is 15.7. The molecule has 3 unspecified atom stereocenters. The van der Waals surface area contributed by atoms with Gasteiger partial charge in [0.25, 0.3) is 0 Å². The van der Waals surface area contributed by atoms with Gasteiger partial charge in [-0.1, -0.05) is 83.2 Å². The number of nitrogens with one attached hydrogen (secondary N) is 1. The van der Waals surface area contributed by atoms with Gasteiger partial charge in [0.1, 0.15) is 6.10 Å². The number of benzene rings is 2. The molecule has 0 spiro atoms. The summed E-state index contributed by atoms with van der Waals surface area (Å²) < 4.78 is 50.0. The summed E-state index contributed by atoms with van der Waals surface area (Å²) in [6.07, 6.45) is 4.55. The van der Waals surface area contributed by atoms with E-state index >= 15 is 0 Å². The van der Waals surface area contributed by atoms with Gasteiger partial charge >= 0.3 is 6.18 Å². The summed E-state index contributed by atoms with van der Waals surface area (Å²) in [5, 5.41) is 16.5. The van der Waals surface area contributed by atoms with Gasteiger partial charge in [-0.15, -0.1) is 0 Å². The summed E-state index contributed by atoms with van der Waals surface area (Å²) in [7, 11) is 0. The van der Waals surface area contributed by atoms with Crippen molar-refractivity contribution < 1.29 is 23.0 Å². The van der Waals surface area contributed by atoms with Crippen molar-refractivity contribution in [2.45, 2.75) is 122 Å². The van der Waals surface area contributed by atoms with Gasteiger partial charge in [-0.25, -0.2) is 0 Å². The van der Waals surface area contributed by atoms with E-state index in [1.807, 2.05) is 42.8 Å². The monoisotopic (exact) mass is 637 g/mol. The van der Waals surface area contributed by atoms with E-state index in [4.69, 9.17) is 9.84 Å². The van der Waals surface area contributed by atoms with Crippen LogP contribution in [-0.2, 0) is 21.9 Å². The Morgan fingerprint density at radius 2 is 1.76 bits per heavy atom. The Labute approximate surface area is 271 Å². The molecule has 5 nitrogen and oxygen atoms in total. The Kier molecular flexibility index (Phi) is 10.4. The second-order valence-corrected chi connectivity index (χ2v) is 14.1. The lowest BCUT2D eigenvalue weighted by Crippen LogP contribution is -2.38. The summed E-state index contributed by atoms with van der Waals surface area (Å²) in [4.78, 5) is 3.64. The maximum absolute atomic E-state index is 13.8. The molecule has 1 saturated heterocycles. The van der Waals surface area contributed by atoms with Crippen molar-refractivity contribution in [2.24, 2.45) is 0 Å². The molecule has 0 amide bonds. The van der Waals surface area contributed by atoms with Crippen LogP contribution in [0.1, 0.15) is 127 Å². The van der Waals surface area contributed by atoms with Crippen molar-refractivity contribution >= 4 is 10.9 Å². The molecule has 1 fully saturated rings. The third-order valence-electron chi connectivity index (χ3n) is 9.92. The van der Waals surface area contributed by atoms with Gasteiger partial charge in [0.15, 0.2) is 0 Å². The fraction of sp³-hybridized carbons (Fsp3) is 0.553. The van der Waals surface area contributed by atoms with Gasteiger partial charge in [-0.05, 0) is 69.4 Å². The molecule has 8 heteroatoms. The number of unbranched alkanes of at least 4 members (excludes halogenated alkanes) is 3. The molecule has 2 aromatic heterocycles. The molecule has 250 valence electrons. The summed E-state index contributed by atoms with van der Waals surface area (Å²) in [5.74, 6) is 0.345. The van der Waals surface area contributed by atoms with Crippen LogP contribution in [0.15, 0.2) is 54.6 Å². The normalized spacial score (nSPS) is 20.0. The molecule has 1 aliphatic rings. The number of alkyl halides is 3. The minimum atomic E-state index is -4.43. The number of nitrogens with zero attached hydrogens (tertiary/aromatic N) is 2. The minimum Gasteiger partial charge on any atom is -0.394 e. The Morgan fingerprint density at radius 1 is 1.02 bits per heavy atom. The quantitative estimate of drug-likeness (QED) is 0.143. The summed E-state index contributed by atoms with van der Waals surface area (Å²) in [6.45, 7) is 11.1. The molecule has 46 heavy (non-hydrogen) atoms. The SMILES string of the molecule is CCCCCC(CCCC)c1cc(C2CC(C)(c3[nH]c4ccccc4c3-c3cccc(C(F)(F)F)c3)CCO2)n(C(C)(C)CO)n1. The largest absolute Gasteiger partial charge is 0.416 e. The lowest BCUT2D eigenvalue weighted by molar-refractivity contribution is -0.137. The number of hydrogen-bond donors (Lipinski definition) is 2. The van der Waals surface area contributed by atoms with Gasteiger partial charge in [0.05, 0.1) is 29.1 Å². The topological polar surface area (TPSA) is 63.1 Å². The number of ether oxygens (including phenoxy) is 1. The van der Waals surface area contributed by atoms with E-state index in [1.165, 1.54) is 25.0 Å². The number of hydrogen-bond acceptors (Lipinski definition) is 3. The predicted molar refractivity (Wildman–Crippen MR) is 179 cm³/mol. The van der Waals surface area contributed by atoms with E-state index in [0.717, 1.165) is 71.7 Å². The molecular formula is C38H50F3N3O2. The maximum Gasteiger partial charge on any atom is 0.416 e. The third kappa shape index (κ3) is 7.08. The Hall–Kier alpha value is -3.10. The smallest absolute Gasteiger partial charge is 0.394 e. The van der Waals surface area contributed by atoms with Crippen molar-refractivity contribution in [3.63, 3.8) is 0 Å². The first-order chi connectivity index (χ1) is 21.9. The van der Waals surface area contributed by atoms with Crippen molar-refractivity contribution in [2.75, 3.05) is 13.2 Å². The second kappa shape index (κ2) is 13.9. The first-order valence-corrected chi connectivity index (χ1v) is 17.0. The van der Waals surface area contributed by atoms with Crippen molar-refractivity contribution in [3.05, 3.63) is 77.2 Å². The molecule has 3 atom stereocenters. The molecular weight excluding hydrogens is 587 g/mol. The van der Waals surface area contributed by atoms with Crippen LogP contribution in [-0.4, -0.2) is 33.1 Å². The second-order valence-electron chi connectivity index (χ2n) is 14.1. The first kappa shape index (κ1) is 34.2. The zero-order valence-corrected chi connectivity index (χ0v) is 28.0. The van der Waals surface area contributed by atoms with Crippen molar-refractivity contribution in [3.8, 4) is 11.1 Å². The van der Waals surface area contributed by atoms with Crippen LogP contribution >= 0.6 is 0 Å². The van der Waals surface area contributed by atoms with Gasteiger partial charge < -0.3 is 14.8 Å². The maximum atomic E-state index is 13.8. The van der Waals surface area contributed by atoms with Crippen molar-refractivity contribution in [1.29, 1.82) is 0 Å². The van der Waals surface area contributed by atoms with E-state index in [-0.39, 0.29) is 12.7 Å². The average molecular weight is 638 g/mol. The van der Waals surface area contributed by atoms with Crippen LogP contribution in [0.4, 0.5) is 13.2 Å². The summed E-state index contributed by atoms with van der Waals surface area (Å²) in [5.41, 5.74) is 3.48. The van der Waals surface area contributed by atoms with Crippen LogP contribution < -0.4 is 0 Å². The number of rotatable bonds is 13. The van der Waals surface area contributed by atoms with Crippen molar-refractivity contribution in [1.82, 2.24) is 14.8 Å². The lowest BCUT2D eigenvalue weighted by atomic mass is 9.74. The average Bonchev–Trinajstić information content (AvgIpc) is 3.66. The molecule has 5 rings (SSSR count). The van der Waals surface area contributed by atoms with E-state index in [0.29, 0.717) is 30.9 Å². The number of fused-ring (bicyclic) bond motifs is 1. The highest BCUT2D eigenvalue weighted by molar-refractivity contribution is 5.98. The third-order valence-corrected chi connectivity index (χ3v) is 9.92. The Morgan fingerprint density at radius 3 is 2.48 bits per heavy atom. The van der Waals surface area contributed by atoms with E-state index in [1.54, 1.807) is 6.07 Å². The van der Waals surface area contributed by atoms with Gasteiger partial charge in [-0.2, -0.15) is 18.3 Å². The van der Waals surface area contributed by atoms with E-state index in [2.05, 4.69) is 31.8 Å². The highest BCUT2D eigenvalue weighted by Gasteiger charge is 2.41. The lowest BCUT2D eigenvalue weighted by Gasteiger charge is -2.39. The van der Waals surface area contributed by atoms with Crippen LogP contribution in [0.5, 0.6) is 0 Å². The zero-order chi connectivity index (χ0) is 33.1. The van der Waals surface area contributed by atoms with E-state index < -0.39 is 22.7 Å². The van der Waals surface area contributed by atoms with Crippen LogP contribution in [0.25, 0.3) is 22.0 Å². The molecule has 2 N–H and O–H groups in total. The molecule has 0 aliphatic carbocycles. The van der Waals surface area contributed by atoms with Crippen LogP contribution in [0.3, 0.4) is 0 Å². The first-order valence-electron chi connectivity index (χ1n) is 17.0. The molecule has 1 aliphatic heterocycles. The predicted octanol–water partition coefficient (Wildman–Crippen LogP) is 10.4. The Bertz CT molecular complexity index is 1600. The highest BCUT2D eigenvalue weighted by Crippen LogP contribution is 2.48. The highest BCUT2D eigenvalue weighted by atomic mass is 19.4. The van der Waals surface area contributed by atoms with Gasteiger partial charge in [-0.3, -0.25) is 4.68 Å². The zero-order valence-electron chi connectivity index (χ0n) is 28.0. The van der Waals surface area contributed by atoms with Crippen LogP contribution in [0, 0.1) is 0 Å². The van der Waals surface area contributed by atoms with Crippen LogP contribution in [0.2, 0.25) is 0 Å². The number of H-pyrrole nitrogens is 1. The molecule has 2 aromatic carbocycles. The number of aliphatic hydroxyl groups is 1. The summed E-state index contributed by atoms with van der Waals surface area (Å²) >= 11 is 0. The molecule has 4 aromatic rings. The number of para-hydroxylation sites is 1. The molecule has 0 saturated carbocycles. The fourth-order valence-electron chi connectivity index (χ4n) is 7.09.